The first kappa shape index (κ1) is 15.2. The summed E-state index contributed by atoms with van der Waals surface area (Å²) in [5, 5.41) is 14.8. The van der Waals surface area contributed by atoms with Crippen LogP contribution in [0.3, 0.4) is 0 Å². The molecular weight excluding hydrogens is 293 g/mol. The summed E-state index contributed by atoms with van der Waals surface area (Å²) in [4.78, 5) is 12.2. The van der Waals surface area contributed by atoms with Crippen LogP contribution in [0.2, 0.25) is 0 Å². The third kappa shape index (κ3) is 3.55. The van der Waals surface area contributed by atoms with E-state index in [2.05, 4.69) is 5.32 Å². The van der Waals surface area contributed by atoms with Gasteiger partial charge in [-0.15, -0.1) is 0 Å². The number of benzene rings is 3. The molecule has 1 amide bonds. The van der Waals surface area contributed by atoms with Crippen molar-refractivity contribution in [2.24, 2.45) is 0 Å². The minimum atomic E-state index is -0.875. The summed E-state index contributed by atoms with van der Waals surface area (Å²) in [5.41, 5.74) is 1.10. The first-order valence-corrected chi connectivity index (χ1v) is 7.34. The van der Waals surface area contributed by atoms with Gasteiger partial charge in [0.1, 0.15) is 5.82 Å². The predicted molar refractivity (Wildman–Crippen MR) is 87.6 cm³/mol. The zero-order valence-corrected chi connectivity index (χ0v) is 12.4. The second-order valence-corrected chi connectivity index (χ2v) is 5.34. The molecule has 3 aromatic rings. The van der Waals surface area contributed by atoms with Crippen molar-refractivity contribution in [3.05, 3.63) is 83.7 Å². The summed E-state index contributed by atoms with van der Waals surface area (Å²) >= 11 is 0. The highest BCUT2D eigenvalue weighted by Gasteiger charge is 2.11. The van der Waals surface area contributed by atoms with Crippen LogP contribution in [0.4, 0.5) is 4.39 Å². The van der Waals surface area contributed by atoms with Crippen molar-refractivity contribution >= 4 is 16.7 Å². The maximum Gasteiger partial charge on any atom is 0.251 e. The fraction of sp³-hybridized carbons (Fsp3) is 0.105. The zero-order chi connectivity index (χ0) is 16.2. The highest BCUT2D eigenvalue weighted by atomic mass is 19.1. The fourth-order valence-corrected chi connectivity index (χ4v) is 2.42. The van der Waals surface area contributed by atoms with Crippen molar-refractivity contribution < 1.29 is 14.3 Å². The number of hydrogen-bond acceptors (Lipinski definition) is 2. The molecule has 23 heavy (non-hydrogen) atoms. The average Bonchev–Trinajstić information content (AvgIpc) is 2.59. The van der Waals surface area contributed by atoms with Gasteiger partial charge in [-0.25, -0.2) is 4.39 Å². The van der Waals surface area contributed by atoms with Gasteiger partial charge < -0.3 is 10.4 Å². The van der Waals surface area contributed by atoms with E-state index in [1.807, 2.05) is 36.4 Å². The van der Waals surface area contributed by atoms with Crippen molar-refractivity contribution in [1.82, 2.24) is 5.32 Å². The number of rotatable bonds is 4. The van der Waals surface area contributed by atoms with Gasteiger partial charge in [0.2, 0.25) is 0 Å². The van der Waals surface area contributed by atoms with E-state index in [4.69, 9.17) is 0 Å². The van der Waals surface area contributed by atoms with Gasteiger partial charge in [-0.05, 0) is 40.6 Å². The largest absolute Gasteiger partial charge is 0.387 e. The lowest BCUT2D eigenvalue weighted by Crippen LogP contribution is -2.28. The molecule has 3 rings (SSSR count). The molecule has 0 aromatic heterocycles. The molecular formula is C19H16FNO2. The third-order valence-electron chi connectivity index (χ3n) is 3.72. The Bertz CT molecular complexity index is 830. The van der Waals surface area contributed by atoms with Gasteiger partial charge in [0, 0.05) is 12.1 Å². The Morgan fingerprint density at radius 2 is 1.70 bits per heavy atom. The monoisotopic (exact) mass is 309 g/mol. The lowest BCUT2D eigenvalue weighted by atomic mass is 10.1. The first-order valence-electron chi connectivity index (χ1n) is 7.34. The van der Waals surface area contributed by atoms with Crippen LogP contribution in [0, 0.1) is 5.82 Å². The number of amides is 1. The molecule has 4 heteroatoms. The average molecular weight is 309 g/mol. The molecule has 0 saturated carbocycles. The van der Waals surface area contributed by atoms with Gasteiger partial charge >= 0.3 is 0 Å². The lowest BCUT2D eigenvalue weighted by molar-refractivity contribution is 0.0916. The van der Waals surface area contributed by atoms with E-state index in [0.29, 0.717) is 11.1 Å². The molecule has 3 nitrogen and oxygen atoms in total. The number of hydrogen-bond donors (Lipinski definition) is 2. The summed E-state index contributed by atoms with van der Waals surface area (Å²) in [6, 6.07) is 18.8. The second kappa shape index (κ2) is 6.58. The van der Waals surface area contributed by atoms with E-state index in [1.165, 1.54) is 24.3 Å². The van der Waals surface area contributed by atoms with E-state index >= 15 is 0 Å². The van der Waals surface area contributed by atoms with Crippen LogP contribution >= 0.6 is 0 Å². The normalized spacial score (nSPS) is 12.1. The van der Waals surface area contributed by atoms with E-state index in [9.17, 15) is 14.3 Å². The second-order valence-electron chi connectivity index (χ2n) is 5.34. The highest BCUT2D eigenvalue weighted by molar-refractivity contribution is 5.98. The number of carbonyl (C=O) groups excluding carboxylic acids is 1. The van der Waals surface area contributed by atoms with Crippen molar-refractivity contribution in [2.45, 2.75) is 6.10 Å². The Hall–Kier alpha value is -2.72. The SMILES string of the molecule is O=C(NCC(O)c1ccc(F)cc1)c1ccc2ccccc2c1. The Morgan fingerprint density at radius 3 is 2.43 bits per heavy atom. The van der Waals surface area contributed by atoms with Gasteiger partial charge in [0.05, 0.1) is 6.10 Å². The Labute approximate surface area is 133 Å². The minimum absolute atomic E-state index is 0.0668. The molecule has 0 aliphatic rings. The molecule has 3 aromatic carbocycles. The maximum atomic E-state index is 12.9. The standard InChI is InChI=1S/C19H16FNO2/c20-17-9-7-14(8-10-17)18(22)12-21-19(23)16-6-5-13-3-1-2-4-15(13)11-16/h1-11,18,22H,12H2,(H,21,23). The van der Waals surface area contributed by atoms with Crippen molar-refractivity contribution in [1.29, 1.82) is 0 Å². The van der Waals surface area contributed by atoms with Crippen LogP contribution in [0.15, 0.2) is 66.7 Å². The maximum absolute atomic E-state index is 12.9. The zero-order valence-electron chi connectivity index (χ0n) is 12.4. The summed E-state index contributed by atoms with van der Waals surface area (Å²) < 4.78 is 12.9. The van der Waals surface area contributed by atoms with E-state index < -0.39 is 6.10 Å². The summed E-state index contributed by atoms with van der Waals surface area (Å²) in [6.45, 7) is 0.0668. The summed E-state index contributed by atoms with van der Waals surface area (Å²) in [5.74, 6) is -0.613. The van der Waals surface area contributed by atoms with Gasteiger partial charge in [-0.3, -0.25) is 4.79 Å². The molecule has 0 heterocycles. The third-order valence-corrected chi connectivity index (χ3v) is 3.72. The van der Waals surface area contributed by atoms with Crippen LogP contribution in [0.1, 0.15) is 22.0 Å². The fourth-order valence-electron chi connectivity index (χ4n) is 2.42. The van der Waals surface area contributed by atoms with Crippen LogP contribution in [-0.2, 0) is 0 Å². The van der Waals surface area contributed by atoms with Gasteiger partial charge in [-0.1, -0.05) is 42.5 Å². The van der Waals surface area contributed by atoms with Crippen LogP contribution in [0.25, 0.3) is 10.8 Å². The summed E-state index contributed by atoms with van der Waals surface area (Å²) in [6.07, 6.45) is -0.875. The number of nitrogens with one attached hydrogen (secondary N) is 1. The number of carbonyl (C=O) groups is 1. The number of aliphatic hydroxyl groups is 1. The number of aliphatic hydroxyl groups excluding tert-OH is 1. The van der Waals surface area contributed by atoms with Crippen LogP contribution in [0.5, 0.6) is 0 Å². The molecule has 0 radical (unpaired) electrons. The molecule has 2 N–H and O–H groups in total. The van der Waals surface area contributed by atoms with Crippen LogP contribution in [-0.4, -0.2) is 17.6 Å². The molecule has 0 aliphatic heterocycles. The van der Waals surface area contributed by atoms with Crippen LogP contribution < -0.4 is 5.32 Å². The highest BCUT2D eigenvalue weighted by Crippen LogP contribution is 2.16. The minimum Gasteiger partial charge on any atom is -0.387 e. The molecule has 1 atom stereocenters. The van der Waals surface area contributed by atoms with E-state index in [0.717, 1.165) is 10.8 Å². The lowest BCUT2D eigenvalue weighted by Gasteiger charge is -2.12. The van der Waals surface area contributed by atoms with Gasteiger partial charge in [0.15, 0.2) is 0 Å². The quantitative estimate of drug-likeness (QED) is 0.775. The van der Waals surface area contributed by atoms with Gasteiger partial charge in [-0.2, -0.15) is 0 Å². The molecule has 0 saturated heterocycles. The summed E-state index contributed by atoms with van der Waals surface area (Å²) in [7, 11) is 0. The Balaban J connectivity index is 1.67. The van der Waals surface area contributed by atoms with Crippen molar-refractivity contribution in [3.63, 3.8) is 0 Å². The topological polar surface area (TPSA) is 49.3 Å². The predicted octanol–water partition coefficient (Wildman–Crippen LogP) is 3.44. The Kier molecular flexibility index (Phi) is 4.35. The molecule has 116 valence electrons. The first-order chi connectivity index (χ1) is 11.1. The van der Waals surface area contributed by atoms with E-state index in [-0.39, 0.29) is 18.3 Å². The molecule has 0 spiro atoms. The Morgan fingerprint density at radius 1 is 1.00 bits per heavy atom. The van der Waals surface area contributed by atoms with Crippen molar-refractivity contribution in [3.8, 4) is 0 Å². The smallest absolute Gasteiger partial charge is 0.251 e. The van der Waals surface area contributed by atoms with Gasteiger partial charge in [0.25, 0.3) is 5.91 Å². The molecule has 0 fully saturated rings. The van der Waals surface area contributed by atoms with E-state index in [1.54, 1.807) is 6.07 Å². The number of fused-ring (bicyclic) bond motifs is 1. The number of halogens is 1. The molecule has 0 bridgehead atoms. The molecule has 1 unspecified atom stereocenters. The molecule has 0 aliphatic carbocycles. The van der Waals surface area contributed by atoms with Crippen molar-refractivity contribution in [2.75, 3.05) is 6.54 Å².